The minimum Gasteiger partial charge on any atom is -0.481 e. The molecule has 1 saturated heterocycles. The fourth-order valence-electron chi connectivity index (χ4n) is 9.64. The Labute approximate surface area is 224 Å². The standard InChI is InChI=1S/C29H42O9/c1-14(2)21-9-18-10-27(12-30)20-8-7-15(3)19(20)11-28(18,29(21,27)26(33)34)13-36-25-22(32)24(38-17(5)31)23(35-6)16(4)37-25/h9,12,14-16,18-20,22-25,32H,7-8,10-11,13H2,1-6H3,(H,33,34)/t15-,16-,18+,19-,20-,22+,23-,24+,25-,27+,28+,29+/m1/s1. The lowest BCUT2D eigenvalue weighted by molar-refractivity contribution is -0.308. The predicted molar refractivity (Wildman–Crippen MR) is 135 cm³/mol. The maximum Gasteiger partial charge on any atom is 0.315 e. The third kappa shape index (κ3) is 3.34. The third-order valence-corrected chi connectivity index (χ3v) is 11.0. The number of ether oxygens (including phenoxy) is 4. The normalized spacial score (nSPS) is 49.1. The van der Waals surface area contributed by atoms with Crippen molar-refractivity contribution >= 4 is 18.2 Å². The number of fused-ring (bicyclic) bond motifs is 2. The van der Waals surface area contributed by atoms with Crippen LogP contribution in [0.2, 0.25) is 0 Å². The van der Waals surface area contributed by atoms with Gasteiger partial charge in [-0.2, -0.15) is 0 Å². The molecule has 0 aromatic heterocycles. The Morgan fingerprint density at radius 2 is 1.92 bits per heavy atom. The Morgan fingerprint density at radius 3 is 2.50 bits per heavy atom. The molecular formula is C29H42O9. The maximum atomic E-state index is 13.6. The monoisotopic (exact) mass is 534 g/mol. The van der Waals surface area contributed by atoms with E-state index in [4.69, 9.17) is 18.9 Å². The first-order chi connectivity index (χ1) is 17.9. The smallest absolute Gasteiger partial charge is 0.315 e. The molecule has 38 heavy (non-hydrogen) atoms. The largest absolute Gasteiger partial charge is 0.481 e. The van der Waals surface area contributed by atoms with E-state index in [1.54, 1.807) is 6.92 Å². The molecule has 2 N–H and O–H groups in total. The topological polar surface area (TPSA) is 129 Å². The van der Waals surface area contributed by atoms with Gasteiger partial charge in [0.2, 0.25) is 0 Å². The fraction of sp³-hybridized carbons (Fsp3) is 0.828. The lowest BCUT2D eigenvalue weighted by Crippen LogP contribution is -2.64. The highest BCUT2D eigenvalue weighted by Gasteiger charge is 2.84. The van der Waals surface area contributed by atoms with Crippen molar-refractivity contribution in [1.82, 2.24) is 0 Å². The summed E-state index contributed by atoms with van der Waals surface area (Å²) >= 11 is 0. The highest BCUT2D eigenvalue weighted by atomic mass is 16.7. The van der Waals surface area contributed by atoms with Gasteiger partial charge in [-0.25, -0.2) is 0 Å². The van der Waals surface area contributed by atoms with Crippen molar-refractivity contribution in [1.29, 1.82) is 0 Å². The van der Waals surface area contributed by atoms with Crippen LogP contribution in [0.4, 0.5) is 0 Å². The number of methoxy groups -OCH3 is 1. The zero-order valence-corrected chi connectivity index (χ0v) is 23.2. The van der Waals surface area contributed by atoms with E-state index in [2.05, 4.69) is 13.0 Å². The van der Waals surface area contributed by atoms with Gasteiger partial charge in [-0.3, -0.25) is 9.59 Å². The summed E-state index contributed by atoms with van der Waals surface area (Å²) in [6, 6.07) is 0. The van der Waals surface area contributed by atoms with Crippen LogP contribution in [0.1, 0.15) is 60.3 Å². The van der Waals surface area contributed by atoms with Crippen LogP contribution in [0.15, 0.2) is 11.6 Å². The van der Waals surface area contributed by atoms with E-state index < -0.39 is 58.9 Å². The molecule has 0 amide bonds. The predicted octanol–water partition coefficient (Wildman–Crippen LogP) is 2.98. The number of carbonyl (C=O) groups excluding carboxylic acids is 2. The zero-order valence-electron chi connectivity index (χ0n) is 23.2. The molecular weight excluding hydrogens is 492 g/mol. The maximum absolute atomic E-state index is 13.6. The first kappa shape index (κ1) is 27.7. The van der Waals surface area contributed by atoms with Crippen LogP contribution in [0, 0.1) is 45.8 Å². The SMILES string of the molecule is CO[C@H]1[C@@H](OC(C)=O)[C@H](O)[C@H](OC[C@@]23C[C@@H]4[C@H](C)CC[C@H]4[C@@]4(C=O)C[C@@H]2C=C(C(C)C)[C@@]34C(=O)O)O[C@@H]1C. The molecule has 9 nitrogen and oxygen atoms in total. The Morgan fingerprint density at radius 1 is 1.21 bits per heavy atom. The van der Waals surface area contributed by atoms with Crippen LogP contribution < -0.4 is 0 Å². The average molecular weight is 535 g/mol. The number of aldehydes is 1. The van der Waals surface area contributed by atoms with Crippen molar-refractivity contribution in [3.63, 3.8) is 0 Å². The van der Waals surface area contributed by atoms with Gasteiger partial charge in [-0.15, -0.1) is 0 Å². The second-order valence-corrected chi connectivity index (χ2v) is 12.8. The molecule has 0 unspecified atom stereocenters. The van der Waals surface area contributed by atoms with Crippen molar-refractivity contribution < 1.29 is 43.5 Å². The molecule has 4 aliphatic carbocycles. The van der Waals surface area contributed by atoms with E-state index in [-0.39, 0.29) is 30.3 Å². The number of rotatable bonds is 8. The summed E-state index contributed by atoms with van der Waals surface area (Å²) in [7, 11) is 1.46. The van der Waals surface area contributed by atoms with E-state index in [0.29, 0.717) is 18.8 Å². The van der Waals surface area contributed by atoms with Gasteiger partial charge >= 0.3 is 11.9 Å². The summed E-state index contributed by atoms with van der Waals surface area (Å²) in [5.41, 5.74) is -2.39. The number of allylic oxidation sites excluding steroid dienone is 1. The van der Waals surface area contributed by atoms with Gasteiger partial charge in [-0.05, 0) is 55.8 Å². The van der Waals surface area contributed by atoms with Gasteiger partial charge in [0.25, 0.3) is 0 Å². The van der Waals surface area contributed by atoms with Crippen molar-refractivity contribution in [3.8, 4) is 0 Å². The minimum atomic E-state index is -1.37. The molecule has 5 rings (SSSR count). The Kier molecular flexibility index (Phi) is 6.86. The molecule has 1 heterocycles. The molecule has 0 aromatic carbocycles. The second-order valence-electron chi connectivity index (χ2n) is 12.8. The summed E-state index contributed by atoms with van der Waals surface area (Å²) in [5, 5.41) is 22.2. The van der Waals surface area contributed by atoms with Crippen molar-refractivity contribution in [2.75, 3.05) is 13.7 Å². The number of carbonyl (C=O) groups is 3. The molecule has 0 radical (unpaired) electrons. The van der Waals surface area contributed by atoms with Crippen molar-refractivity contribution in [2.24, 2.45) is 45.8 Å². The quantitative estimate of drug-likeness (QED) is 0.274. The van der Waals surface area contributed by atoms with Gasteiger partial charge in [-0.1, -0.05) is 38.8 Å². The lowest BCUT2D eigenvalue weighted by Gasteiger charge is -2.58. The number of esters is 1. The molecule has 3 saturated carbocycles. The number of hydrogen-bond donors (Lipinski definition) is 2. The lowest BCUT2D eigenvalue weighted by atomic mass is 9.43. The van der Waals surface area contributed by atoms with E-state index >= 15 is 0 Å². The number of aliphatic hydroxyl groups excluding tert-OH is 1. The van der Waals surface area contributed by atoms with E-state index in [1.807, 2.05) is 13.8 Å². The average Bonchev–Trinajstić information content (AvgIpc) is 3.42. The number of carboxylic acids is 1. The first-order valence-electron chi connectivity index (χ1n) is 14.0. The molecule has 12 atom stereocenters. The molecule has 212 valence electrons. The minimum absolute atomic E-state index is 0.0150. The van der Waals surface area contributed by atoms with Gasteiger partial charge in [0.15, 0.2) is 12.4 Å². The first-order valence-corrected chi connectivity index (χ1v) is 14.0. The Balaban J connectivity index is 1.54. The molecule has 0 spiro atoms. The highest BCUT2D eigenvalue weighted by Crippen LogP contribution is 2.82. The number of aliphatic carboxylic acids is 1. The van der Waals surface area contributed by atoms with Gasteiger partial charge in [0, 0.05) is 19.4 Å². The van der Waals surface area contributed by atoms with Crippen LogP contribution in [0.5, 0.6) is 0 Å². The van der Waals surface area contributed by atoms with Crippen LogP contribution in [-0.4, -0.2) is 72.9 Å². The van der Waals surface area contributed by atoms with E-state index in [9.17, 15) is 24.6 Å². The molecule has 1 aliphatic heterocycles. The molecule has 5 aliphatic rings. The molecule has 0 aromatic rings. The Hall–Kier alpha value is -1.81. The molecule has 4 fully saturated rings. The van der Waals surface area contributed by atoms with Crippen LogP contribution in [0.25, 0.3) is 0 Å². The molecule has 9 heteroatoms. The highest BCUT2D eigenvalue weighted by molar-refractivity contribution is 5.90. The summed E-state index contributed by atoms with van der Waals surface area (Å²) in [5.74, 6) is -1.05. The van der Waals surface area contributed by atoms with Gasteiger partial charge < -0.3 is 34.0 Å². The van der Waals surface area contributed by atoms with Crippen molar-refractivity contribution in [3.05, 3.63) is 11.6 Å². The van der Waals surface area contributed by atoms with Crippen LogP contribution >= 0.6 is 0 Å². The fourth-order valence-corrected chi connectivity index (χ4v) is 9.64. The van der Waals surface area contributed by atoms with Gasteiger partial charge in [0.1, 0.15) is 23.9 Å². The zero-order chi connectivity index (χ0) is 27.8. The van der Waals surface area contributed by atoms with Gasteiger partial charge in [0.05, 0.1) is 18.1 Å². The number of carboxylic acid groups (broad SMARTS) is 1. The second kappa shape index (κ2) is 9.39. The summed E-state index contributed by atoms with van der Waals surface area (Å²) in [6.07, 6.45) is 1.37. The van der Waals surface area contributed by atoms with Crippen LogP contribution in [-0.2, 0) is 33.3 Å². The number of hydrogen-bond acceptors (Lipinski definition) is 8. The Bertz CT molecular complexity index is 1020. The third-order valence-electron chi connectivity index (χ3n) is 11.0. The summed E-state index contributed by atoms with van der Waals surface area (Å²) < 4.78 is 23.2. The molecule has 4 bridgehead atoms. The van der Waals surface area contributed by atoms with E-state index in [1.165, 1.54) is 14.0 Å². The van der Waals surface area contributed by atoms with E-state index in [0.717, 1.165) is 24.7 Å². The summed E-state index contributed by atoms with van der Waals surface area (Å²) in [4.78, 5) is 38.5. The van der Waals surface area contributed by atoms with Crippen molar-refractivity contribution in [2.45, 2.75) is 91.0 Å². The summed E-state index contributed by atoms with van der Waals surface area (Å²) in [6.45, 7) is 9.24. The number of aliphatic hydroxyl groups is 1. The van der Waals surface area contributed by atoms with Crippen LogP contribution in [0.3, 0.4) is 0 Å².